The molecule has 0 aliphatic heterocycles. The van der Waals surface area contributed by atoms with Crippen molar-refractivity contribution in [3.63, 3.8) is 0 Å². The quantitative estimate of drug-likeness (QED) is 0.713. The van der Waals surface area contributed by atoms with Crippen molar-refractivity contribution in [2.75, 3.05) is 17.4 Å². The Morgan fingerprint density at radius 1 is 1.08 bits per heavy atom. The monoisotopic (exact) mass is 380 g/mol. The van der Waals surface area contributed by atoms with Crippen LogP contribution in [0.5, 0.6) is 0 Å². The average molecular weight is 381 g/mol. The van der Waals surface area contributed by atoms with E-state index >= 15 is 0 Å². The van der Waals surface area contributed by atoms with Crippen molar-refractivity contribution in [1.82, 2.24) is 5.32 Å². The van der Waals surface area contributed by atoms with Gasteiger partial charge in [-0.05, 0) is 42.8 Å². The minimum atomic E-state index is -3.88. The predicted octanol–water partition coefficient (Wildman–Crippen LogP) is 3.45. The van der Waals surface area contributed by atoms with Crippen LogP contribution in [0.3, 0.4) is 0 Å². The zero-order chi connectivity index (χ0) is 18.3. The van der Waals surface area contributed by atoms with E-state index in [-0.39, 0.29) is 17.3 Å². The van der Waals surface area contributed by atoms with Crippen LogP contribution in [0.1, 0.15) is 19.8 Å². The zero-order valence-corrected chi connectivity index (χ0v) is 15.6. The van der Waals surface area contributed by atoms with Gasteiger partial charge in [0.05, 0.1) is 10.6 Å². The number of nitrogens with zero attached hydrogens (tertiary/aromatic N) is 1. The number of anilines is 1. The van der Waals surface area contributed by atoms with E-state index in [1.807, 2.05) is 6.92 Å². The standard InChI is InChI=1S/C18H21ClN2O3S/c1-2-3-13-20-18(22)14-21(16-7-5-4-6-8-16)25(23,24)17-11-9-15(19)10-12-17/h4-12H,2-3,13-14H2,1H3,(H,20,22). The zero-order valence-electron chi connectivity index (χ0n) is 14.0. The number of hydrogen-bond donors (Lipinski definition) is 1. The molecule has 2 rings (SSSR count). The van der Waals surface area contributed by atoms with Gasteiger partial charge in [-0.2, -0.15) is 0 Å². The molecule has 0 bridgehead atoms. The summed E-state index contributed by atoms with van der Waals surface area (Å²) >= 11 is 5.84. The first-order valence-corrected chi connectivity index (χ1v) is 9.87. The molecule has 25 heavy (non-hydrogen) atoms. The molecular formula is C18H21ClN2O3S. The molecule has 0 saturated heterocycles. The summed E-state index contributed by atoms with van der Waals surface area (Å²) in [5.74, 6) is -0.338. The van der Waals surface area contributed by atoms with Crippen molar-refractivity contribution >= 4 is 33.2 Å². The summed E-state index contributed by atoms with van der Waals surface area (Å²) in [6.45, 7) is 2.27. The smallest absolute Gasteiger partial charge is 0.264 e. The van der Waals surface area contributed by atoms with Crippen LogP contribution in [-0.2, 0) is 14.8 Å². The summed E-state index contributed by atoms with van der Waals surface area (Å²) in [6, 6.07) is 14.5. The highest BCUT2D eigenvalue weighted by Gasteiger charge is 2.26. The lowest BCUT2D eigenvalue weighted by atomic mass is 10.3. The molecule has 0 spiro atoms. The number of para-hydroxylation sites is 1. The van der Waals surface area contributed by atoms with Crippen molar-refractivity contribution in [2.45, 2.75) is 24.7 Å². The van der Waals surface area contributed by atoms with Crippen LogP contribution < -0.4 is 9.62 Å². The van der Waals surface area contributed by atoms with Crippen LogP contribution in [0.25, 0.3) is 0 Å². The van der Waals surface area contributed by atoms with E-state index in [1.54, 1.807) is 30.3 Å². The van der Waals surface area contributed by atoms with Crippen molar-refractivity contribution in [2.24, 2.45) is 0 Å². The fourth-order valence-electron chi connectivity index (χ4n) is 2.23. The lowest BCUT2D eigenvalue weighted by molar-refractivity contribution is -0.119. The molecule has 0 aliphatic rings. The molecule has 0 radical (unpaired) electrons. The second kappa shape index (κ2) is 8.87. The molecule has 0 atom stereocenters. The van der Waals surface area contributed by atoms with Gasteiger partial charge in [0.2, 0.25) is 5.91 Å². The van der Waals surface area contributed by atoms with Crippen LogP contribution in [0, 0.1) is 0 Å². The minimum absolute atomic E-state index is 0.0853. The van der Waals surface area contributed by atoms with E-state index in [2.05, 4.69) is 5.32 Å². The van der Waals surface area contributed by atoms with Gasteiger partial charge in [-0.3, -0.25) is 9.10 Å². The minimum Gasteiger partial charge on any atom is -0.355 e. The molecule has 0 aliphatic carbocycles. The number of carbonyl (C=O) groups excluding carboxylic acids is 1. The maximum Gasteiger partial charge on any atom is 0.264 e. The average Bonchev–Trinajstić information content (AvgIpc) is 2.61. The fourth-order valence-corrected chi connectivity index (χ4v) is 3.78. The Hall–Kier alpha value is -2.05. The molecule has 7 heteroatoms. The third-order valence-electron chi connectivity index (χ3n) is 3.59. The Morgan fingerprint density at radius 2 is 1.72 bits per heavy atom. The number of amides is 1. The number of benzene rings is 2. The third-order valence-corrected chi connectivity index (χ3v) is 5.63. The highest BCUT2D eigenvalue weighted by atomic mass is 35.5. The Bertz CT molecular complexity index is 793. The highest BCUT2D eigenvalue weighted by Crippen LogP contribution is 2.24. The van der Waals surface area contributed by atoms with Gasteiger partial charge in [0.25, 0.3) is 10.0 Å². The molecule has 0 unspecified atom stereocenters. The summed E-state index contributed by atoms with van der Waals surface area (Å²) < 4.78 is 27.1. The molecule has 0 aromatic heterocycles. The number of halogens is 1. The van der Waals surface area contributed by atoms with Crippen molar-refractivity contribution in [1.29, 1.82) is 0 Å². The molecule has 0 fully saturated rings. The Kier molecular flexibility index (Phi) is 6.84. The number of carbonyl (C=O) groups is 1. The Balaban J connectivity index is 2.31. The molecule has 0 saturated carbocycles. The predicted molar refractivity (Wildman–Crippen MR) is 100 cm³/mol. The van der Waals surface area contributed by atoms with E-state index in [0.29, 0.717) is 17.3 Å². The molecule has 1 N–H and O–H groups in total. The van der Waals surface area contributed by atoms with Crippen molar-refractivity contribution in [3.05, 3.63) is 59.6 Å². The van der Waals surface area contributed by atoms with E-state index in [4.69, 9.17) is 11.6 Å². The number of sulfonamides is 1. The van der Waals surface area contributed by atoms with E-state index in [1.165, 1.54) is 24.3 Å². The maximum absolute atomic E-state index is 13.0. The molecule has 2 aromatic carbocycles. The lowest BCUT2D eigenvalue weighted by Crippen LogP contribution is -2.41. The molecule has 5 nitrogen and oxygen atoms in total. The van der Waals surface area contributed by atoms with Gasteiger partial charge in [0.1, 0.15) is 6.54 Å². The van der Waals surface area contributed by atoms with Gasteiger partial charge in [-0.1, -0.05) is 43.1 Å². The van der Waals surface area contributed by atoms with Gasteiger partial charge < -0.3 is 5.32 Å². The Labute approximate surface area is 153 Å². The molecule has 0 heterocycles. The van der Waals surface area contributed by atoms with Gasteiger partial charge >= 0.3 is 0 Å². The van der Waals surface area contributed by atoms with Crippen molar-refractivity contribution < 1.29 is 13.2 Å². The first-order chi connectivity index (χ1) is 11.9. The fraction of sp³-hybridized carbons (Fsp3) is 0.278. The number of rotatable bonds is 8. The lowest BCUT2D eigenvalue weighted by Gasteiger charge is -2.24. The second-order valence-corrected chi connectivity index (χ2v) is 7.80. The SMILES string of the molecule is CCCCNC(=O)CN(c1ccccc1)S(=O)(=O)c1ccc(Cl)cc1. The molecule has 134 valence electrons. The number of nitrogens with one attached hydrogen (secondary N) is 1. The molecular weight excluding hydrogens is 360 g/mol. The normalized spacial score (nSPS) is 11.1. The van der Waals surface area contributed by atoms with Crippen LogP contribution in [-0.4, -0.2) is 27.4 Å². The highest BCUT2D eigenvalue weighted by molar-refractivity contribution is 7.92. The van der Waals surface area contributed by atoms with Crippen LogP contribution in [0.15, 0.2) is 59.5 Å². The molecule has 2 aromatic rings. The van der Waals surface area contributed by atoms with Gasteiger partial charge in [-0.25, -0.2) is 8.42 Å². The summed E-state index contributed by atoms with van der Waals surface area (Å²) in [7, 11) is -3.88. The topological polar surface area (TPSA) is 66.5 Å². The summed E-state index contributed by atoms with van der Waals surface area (Å²) in [5.41, 5.74) is 0.433. The van der Waals surface area contributed by atoms with Crippen molar-refractivity contribution in [3.8, 4) is 0 Å². The van der Waals surface area contributed by atoms with E-state index in [0.717, 1.165) is 17.1 Å². The second-order valence-electron chi connectivity index (χ2n) is 5.50. The Morgan fingerprint density at radius 3 is 2.32 bits per heavy atom. The first kappa shape index (κ1) is 19.3. The maximum atomic E-state index is 13.0. The van der Waals surface area contributed by atoms with Crippen LogP contribution in [0.4, 0.5) is 5.69 Å². The van der Waals surface area contributed by atoms with Gasteiger partial charge in [-0.15, -0.1) is 0 Å². The van der Waals surface area contributed by atoms with Crippen LogP contribution >= 0.6 is 11.6 Å². The summed E-state index contributed by atoms with van der Waals surface area (Å²) in [5, 5.41) is 3.20. The summed E-state index contributed by atoms with van der Waals surface area (Å²) in [4.78, 5) is 12.3. The largest absolute Gasteiger partial charge is 0.355 e. The first-order valence-electron chi connectivity index (χ1n) is 8.05. The van der Waals surface area contributed by atoms with E-state index < -0.39 is 10.0 Å². The van der Waals surface area contributed by atoms with E-state index in [9.17, 15) is 13.2 Å². The van der Waals surface area contributed by atoms with Crippen LogP contribution in [0.2, 0.25) is 5.02 Å². The van der Waals surface area contributed by atoms with Gasteiger partial charge in [0, 0.05) is 11.6 Å². The van der Waals surface area contributed by atoms with Gasteiger partial charge in [0.15, 0.2) is 0 Å². The molecule has 1 amide bonds. The third kappa shape index (κ3) is 5.21. The number of unbranched alkanes of at least 4 members (excludes halogenated alkanes) is 1. The number of hydrogen-bond acceptors (Lipinski definition) is 3. The summed E-state index contributed by atoms with van der Waals surface area (Å²) in [6.07, 6.45) is 1.80.